The van der Waals surface area contributed by atoms with Crippen molar-refractivity contribution in [2.24, 2.45) is 0 Å². The van der Waals surface area contributed by atoms with Gasteiger partial charge in [-0.05, 0) is 33.5 Å². The highest BCUT2D eigenvalue weighted by molar-refractivity contribution is 6.99. The van der Waals surface area contributed by atoms with E-state index in [0.29, 0.717) is 0 Å². The Morgan fingerprint density at radius 2 is 1.23 bits per heavy atom. The molecule has 2 aromatic rings. The summed E-state index contributed by atoms with van der Waals surface area (Å²) in [5, 5.41) is 2.33. The van der Waals surface area contributed by atoms with Crippen LogP contribution in [0.1, 0.15) is 41.5 Å². The summed E-state index contributed by atoms with van der Waals surface area (Å²) < 4.78 is 13.3. The van der Waals surface area contributed by atoms with Gasteiger partial charge in [0.2, 0.25) is 0 Å². The molecule has 30 heavy (non-hydrogen) atoms. The van der Waals surface area contributed by atoms with Crippen LogP contribution in [0.3, 0.4) is 0 Å². The summed E-state index contributed by atoms with van der Waals surface area (Å²) in [5.41, 5.74) is 0. The summed E-state index contributed by atoms with van der Waals surface area (Å²) in [7, 11) is -4.76. The monoisotopic (exact) mass is 442 g/mol. The molecule has 0 saturated heterocycles. The SMILES string of the molecule is CC(C)(C)[Si](C)(C)OC(C=O)CO[Si](c1ccccc1)(c1ccccc1)C(C)(C)C. The molecule has 0 radical (unpaired) electrons. The van der Waals surface area contributed by atoms with Crippen LogP contribution in [0, 0.1) is 0 Å². The Morgan fingerprint density at radius 3 is 1.57 bits per heavy atom. The van der Waals surface area contributed by atoms with Crippen LogP contribution in [0.4, 0.5) is 0 Å². The van der Waals surface area contributed by atoms with Crippen LogP contribution in [0.15, 0.2) is 60.7 Å². The molecule has 0 bridgehead atoms. The largest absolute Gasteiger partial charge is 0.405 e. The third-order valence-electron chi connectivity index (χ3n) is 6.28. The molecule has 0 aliphatic rings. The molecule has 0 heterocycles. The first-order chi connectivity index (χ1) is 13.8. The Hall–Kier alpha value is -1.54. The lowest BCUT2D eigenvalue weighted by atomic mass is 10.2. The molecular weight excluding hydrogens is 404 g/mol. The topological polar surface area (TPSA) is 35.5 Å². The number of hydrogen-bond donors (Lipinski definition) is 0. The van der Waals surface area contributed by atoms with Gasteiger partial charge in [0.05, 0.1) is 6.61 Å². The molecule has 0 aliphatic heterocycles. The van der Waals surface area contributed by atoms with Crippen molar-refractivity contribution in [3.63, 3.8) is 0 Å². The predicted molar refractivity (Wildman–Crippen MR) is 132 cm³/mol. The van der Waals surface area contributed by atoms with Gasteiger partial charge in [-0.3, -0.25) is 0 Å². The molecule has 0 fully saturated rings. The summed E-state index contributed by atoms with van der Waals surface area (Å²) in [6.45, 7) is 17.9. The first-order valence-electron chi connectivity index (χ1n) is 10.7. The molecule has 1 unspecified atom stereocenters. The molecule has 0 N–H and O–H groups in total. The first-order valence-corrected chi connectivity index (χ1v) is 15.5. The number of aldehydes is 1. The number of carbonyl (C=O) groups is 1. The Kier molecular flexibility index (Phi) is 7.67. The summed E-state index contributed by atoms with van der Waals surface area (Å²) in [5.74, 6) is 0. The second kappa shape index (κ2) is 9.31. The molecule has 1 atom stereocenters. The third-order valence-corrected chi connectivity index (χ3v) is 15.8. The van der Waals surface area contributed by atoms with E-state index in [2.05, 4.69) is 103 Å². The lowest BCUT2D eigenvalue weighted by Gasteiger charge is -2.44. The highest BCUT2D eigenvalue weighted by atomic mass is 28.4. The smallest absolute Gasteiger partial charge is 0.261 e. The zero-order valence-electron chi connectivity index (χ0n) is 19.9. The Morgan fingerprint density at radius 1 is 0.800 bits per heavy atom. The van der Waals surface area contributed by atoms with E-state index in [1.807, 2.05) is 12.1 Å². The maximum absolute atomic E-state index is 12.0. The highest BCUT2D eigenvalue weighted by Gasteiger charge is 2.50. The Balaban J connectivity index is 2.47. The molecule has 3 nitrogen and oxygen atoms in total. The van der Waals surface area contributed by atoms with Gasteiger partial charge in [0.15, 0.2) is 8.32 Å². The van der Waals surface area contributed by atoms with Crippen molar-refractivity contribution in [2.45, 2.75) is 70.8 Å². The van der Waals surface area contributed by atoms with Crippen molar-refractivity contribution >= 4 is 33.3 Å². The van der Waals surface area contributed by atoms with E-state index < -0.39 is 22.7 Å². The van der Waals surface area contributed by atoms with E-state index in [-0.39, 0.29) is 16.7 Å². The molecule has 0 amide bonds. The molecule has 0 spiro atoms. The van der Waals surface area contributed by atoms with Crippen molar-refractivity contribution in [1.82, 2.24) is 0 Å². The Labute approximate surface area is 185 Å². The molecule has 164 valence electrons. The lowest BCUT2D eigenvalue weighted by Crippen LogP contribution is -2.67. The van der Waals surface area contributed by atoms with Crippen molar-refractivity contribution in [3.05, 3.63) is 60.7 Å². The van der Waals surface area contributed by atoms with Crippen LogP contribution in [0.25, 0.3) is 0 Å². The maximum Gasteiger partial charge on any atom is 0.261 e. The molecule has 2 aromatic carbocycles. The highest BCUT2D eigenvalue weighted by Crippen LogP contribution is 2.39. The Bertz CT molecular complexity index is 766. The van der Waals surface area contributed by atoms with Gasteiger partial charge in [0, 0.05) is 0 Å². The lowest BCUT2D eigenvalue weighted by molar-refractivity contribution is -0.115. The zero-order chi connectivity index (χ0) is 22.6. The van der Waals surface area contributed by atoms with Crippen LogP contribution >= 0.6 is 0 Å². The van der Waals surface area contributed by atoms with E-state index in [0.717, 1.165) is 6.29 Å². The van der Waals surface area contributed by atoms with Gasteiger partial charge in [0.1, 0.15) is 12.4 Å². The van der Waals surface area contributed by atoms with E-state index in [9.17, 15) is 4.79 Å². The fourth-order valence-electron chi connectivity index (χ4n) is 3.63. The van der Waals surface area contributed by atoms with Crippen molar-refractivity contribution in [2.75, 3.05) is 6.61 Å². The van der Waals surface area contributed by atoms with Crippen molar-refractivity contribution in [3.8, 4) is 0 Å². The van der Waals surface area contributed by atoms with E-state index in [4.69, 9.17) is 8.85 Å². The van der Waals surface area contributed by atoms with Crippen LogP contribution in [-0.2, 0) is 13.6 Å². The zero-order valence-corrected chi connectivity index (χ0v) is 21.9. The quantitative estimate of drug-likeness (QED) is 0.419. The summed E-state index contributed by atoms with van der Waals surface area (Å²) in [6.07, 6.45) is 0.353. The van der Waals surface area contributed by atoms with Gasteiger partial charge < -0.3 is 13.6 Å². The number of hydrogen-bond acceptors (Lipinski definition) is 3. The van der Waals surface area contributed by atoms with Gasteiger partial charge in [-0.25, -0.2) is 0 Å². The number of rotatable bonds is 8. The minimum absolute atomic E-state index is 0.0334. The average molecular weight is 443 g/mol. The molecule has 0 saturated carbocycles. The minimum atomic E-state index is -2.67. The van der Waals surface area contributed by atoms with Crippen molar-refractivity contribution < 1.29 is 13.6 Å². The van der Waals surface area contributed by atoms with Gasteiger partial charge in [-0.1, -0.05) is 102 Å². The van der Waals surface area contributed by atoms with Crippen molar-refractivity contribution in [1.29, 1.82) is 0 Å². The van der Waals surface area contributed by atoms with Crippen LogP contribution in [-0.4, -0.2) is 35.6 Å². The molecular formula is C25H38O3Si2. The van der Waals surface area contributed by atoms with Gasteiger partial charge in [-0.2, -0.15) is 0 Å². The molecule has 5 heteroatoms. The first kappa shape index (κ1) is 24.7. The summed E-state index contributed by atoms with van der Waals surface area (Å²) in [4.78, 5) is 12.0. The molecule has 2 rings (SSSR count). The second-order valence-electron chi connectivity index (χ2n) is 10.5. The fourth-order valence-corrected chi connectivity index (χ4v) is 9.43. The van der Waals surface area contributed by atoms with Crippen LogP contribution in [0.2, 0.25) is 23.2 Å². The van der Waals surface area contributed by atoms with Crippen LogP contribution in [0.5, 0.6) is 0 Å². The van der Waals surface area contributed by atoms with Gasteiger partial charge in [0.25, 0.3) is 8.32 Å². The average Bonchev–Trinajstić information content (AvgIpc) is 2.67. The standard InChI is InChI=1S/C25H38O3Si2/c1-24(2,3)29(7,8)28-21(19-26)20-27-30(25(4,5)6,22-15-11-9-12-16-22)23-17-13-10-14-18-23/h9-19,21H,20H2,1-8H3. The number of benzene rings is 2. The van der Waals surface area contributed by atoms with E-state index in [1.54, 1.807) is 0 Å². The van der Waals surface area contributed by atoms with E-state index in [1.165, 1.54) is 10.4 Å². The van der Waals surface area contributed by atoms with E-state index >= 15 is 0 Å². The third kappa shape index (κ3) is 5.20. The van der Waals surface area contributed by atoms with Gasteiger partial charge in [-0.15, -0.1) is 0 Å². The molecule has 0 aromatic heterocycles. The fraction of sp³-hybridized carbons (Fsp3) is 0.480. The number of carbonyl (C=O) groups excluding carboxylic acids is 1. The summed E-state index contributed by atoms with van der Waals surface area (Å²) >= 11 is 0. The predicted octanol–water partition coefficient (Wildman–Crippen LogP) is 5.15. The minimum Gasteiger partial charge on any atom is -0.405 e. The van der Waals surface area contributed by atoms with Crippen LogP contribution < -0.4 is 10.4 Å². The maximum atomic E-state index is 12.0. The van der Waals surface area contributed by atoms with Gasteiger partial charge >= 0.3 is 0 Å². The second-order valence-corrected chi connectivity index (χ2v) is 19.6. The molecule has 0 aliphatic carbocycles. The summed E-state index contributed by atoms with van der Waals surface area (Å²) in [6, 6.07) is 21.0. The normalized spacial score (nSPS) is 14.4.